The standard InChI is InChI=1S/C14H21FN2O/c1-3-13(17-8-6-16-7-9-17)11-4-5-14(18-2)12(15)10-11/h4-5,10,13,16H,3,6-9H2,1-2H3/t13-/m0/s1. The average Bonchev–Trinajstić information content (AvgIpc) is 2.41. The number of hydrogen-bond acceptors (Lipinski definition) is 3. The molecule has 1 aliphatic rings. The number of nitrogens with one attached hydrogen (secondary N) is 1. The average molecular weight is 252 g/mol. The number of methoxy groups -OCH3 is 1. The van der Waals surface area contributed by atoms with Crippen molar-refractivity contribution in [2.75, 3.05) is 33.3 Å². The van der Waals surface area contributed by atoms with E-state index in [-0.39, 0.29) is 5.82 Å². The fraction of sp³-hybridized carbons (Fsp3) is 0.571. The number of halogens is 1. The molecule has 2 rings (SSSR count). The summed E-state index contributed by atoms with van der Waals surface area (Å²) in [5.41, 5.74) is 1.04. The smallest absolute Gasteiger partial charge is 0.165 e. The first kappa shape index (κ1) is 13.3. The summed E-state index contributed by atoms with van der Waals surface area (Å²) in [6, 6.07) is 5.59. The predicted molar refractivity (Wildman–Crippen MR) is 70.4 cm³/mol. The number of piperazine rings is 1. The van der Waals surface area contributed by atoms with Gasteiger partial charge in [-0.3, -0.25) is 4.90 Å². The van der Waals surface area contributed by atoms with Gasteiger partial charge in [0.15, 0.2) is 11.6 Å². The van der Waals surface area contributed by atoms with E-state index < -0.39 is 0 Å². The molecule has 1 N–H and O–H groups in total. The molecule has 0 radical (unpaired) electrons. The lowest BCUT2D eigenvalue weighted by Crippen LogP contribution is -2.45. The quantitative estimate of drug-likeness (QED) is 0.889. The molecule has 0 amide bonds. The van der Waals surface area contributed by atoms with Crippen molar-refractivity contribution in [3.8, 4) is 5.75 Å². The van der Waals surface area contributed by atoms with Crippen molar-refractivity contribution < 1.29 is 9.13 Å². The third-order valence-corrected chi connectivity index (χ3v) is 3.54. The van der Waals surface area contributed by atoms with E-state index in [0.29, 0.717) is 11.8 Å². The fourth-order valence-corrected chi connectivity index (χ4v) is 2.59. The zero-order chi connectivity index (χ0) is 13.0. The summed E-state index contributed by atoms with van der Waals surface area (Å²) in [6.45, 7) is 6.21. The molecule has 18 heavy (non-hydrogen) atoms. The van der Waals surface area contributed by atoms with E-state index in [1.807, 2.05) is 6.07 Å². The van der Waals surface area contributed by atoms with Crippen molar-refractivity contribution in [3.63, 3.8) is 0 Å². The Morgan fingerprint density at radius 1 is 1.39 bits per heavy atom. The second-order valence-corrected chi connectivity index (χ2v) is 4.60. The van der Waals surface area contributed by atoms with Crippen molar-refractivity contribution in [3.05, 3.63) is 29.6 Å². The molecule has 4 heteroatoms. The molecule has 1 atom stereocenters. The molecule has 1 heterocycles. The number of benzene rings is 1. The van der Waals surface area contributed by atoms with Crippen LogP contribution < -0.4 is 10.1 Å². The van der Waals surface area contributed by atoms with Gasteiger partial charge in [-0.15, -0.1) is 0 Å². The summed E-state index contributed by atoms with van der Waals surface area (Å²) in [5, 5.41) is 3.34. The lowest BCUT2D eigenvalue weighted by Gasteiger charge is -2.34. The molecule has 0 spiro atoms. The summed E-state index contributed by atoms with van der Waals surface area (Å²) in [6.07, 6.45) is 0.992. The van der Waals surface area contributed by atoms with Gasteiger partial charge in [0.05, 0.1) is 7.11 Å². The predicted octanol–water partition coefficient (Wildman–Crippen LogP) is 2.19. The maximum absolute atomic E-state index is 13.8. The van der Waals surface area contributed by atoms with Crippen molar-refractivity contribution >= 4 is 0 Å². The third-order valence-electron chi connectivity index (χ3n) is 3.54. The van der Waals surface area contributed by atoms with Gasteiger partial charge in [0.25, 0.3) is 0 Å². The number of nitrogens with zero attached hydrogens (tertiary/aromatic N) is 1. The van der Waals surface area contributed by atoms with Gasteiger partial charge in [-0.1, -0.05) is 13.0 Å². The van der Waals surface area contributed by atoms with E-state index in [2.05, 4.69) is 17.1 Å². The summed E-state index contributed by atoms with van der Waals surface area (Å²) in [5.74, 6) is 0.0394. The number of hydrogen-bond donors (Lipinski definition) is 1. The zero-order valence-electron chi connectivity index (χ0n) is 11.1. The molecule has 3 nitrogen and oxygen atoms in total. The van der Waals surface area contributed by atoms with Crippen LogP contribution in [0, 0.1) is 5.82 Å². The van der Waals surface area contributed by atoms with Crippen LogP contribution in [-0.4, -0.2) is 38.2 Å². The monoisotopic (exact) mass is 252 g/mol. The first-order valence-corrected chi connectivity index (χ1v) is 6.54. The Labute approximate surface area is 108 Å². The number of ether oxygens (including phenoxy) is 1. The minimum Gasteiger partial charge on any atom is -0.494 e. The molecular weight excluding hydrogens is 231 g/mol. The Morgan fingerprint density at radius 3 is 2.67 bits per heavy atom. The van der Waals surface area contributed by atoms with Gasteiger partial charge in [0.2, 0.25) is 0 Å². The van der Waals surface area contributed by atoms with Crippen LogP contribution in [0.2, 0.25) is 0 Å². The van der Waals surface area contributed by atoms with Crippen LogP contribution in [0.25, 0.3) is 0 Å². The van der Waals surface area contributed by atoms with Crippen molar-refractivity contribution in [1.29, 1.82) is 0 Å². The minimum atomic E-state index is -0.274. The molecule has 1 aromatic carbocycles. The van der Waals surface area contributed by atoms with Gasteiger partial charge in [-0.25, -0.2) is 4.39 Å². The Bertz CT molecular complexity index is 391. The summed E-state index contributed by atoms with van der Waals surface area (Å²) in [7, 11) is 1.49. The highest BCUT2D eigenvalue weighted by Gasteiger charge is 2.21. The molecule has 0 saturated carbocycles. The van der Waals surface area contributed by atoms with Crippen LogP contribution in [0.3, 0.4) is 0 Å². The van der Waals surface area contributed by atoms with Crippen molar-refractivity contribution in [1.82, 2.24) is 10.2 Å². The highest BCUT2D eigenvalue weighted by molar-refractivity contribution is 5.31. The molecule has 0 aromatic heterocycles. The molecule has 0 bridgehead atoms. The molecule has 1 fully saturated rings. The summed E-state index contributed by atoms with van der Waals surface area (Å²) >= 11 is 0. The Balaban J connectivity index is 2.18. The van der Waals surface area contributed by atoms with Crippen LogP contribution in [0.15, 0.2) is 18.2 Å². The van der Waals surface area contributed by atoms with E-state index in [1.165, 1.54) is 7.11 Å². The van der Waals surface area contributed by atoms with E-state index in [0.717, 1.165) is 38.2 Å². The maximum atomic E-state index is 13.8. The van der Waals surface area contributed by atoms with Crippen LogP contribution in [0.4, 0.5) is 4.39 Å². The molecule has 1 aromatic rings. The van der Waals surface area contributed by atoms with Gasteiger partial charge >= 0.3 is 0 Å². The third kappa shape index (κ3) is 2.82. The zero-order valence-corrected chi connectivity index (χ0v) is 11.1. The van der Waals surface area contributed by atoms with E-state index in [9.17, 15) is 4.39 Å². The minimum absolute atomic E-state index is 0.274. The Kier molecular flexibility index (Phi) is 4.55. The number of rotatable bonds is 4. The summed E-state index contributed by atoms with van der Waals surface area (Å²) < 4.78 is 18.7. The van der Waals surface area contributed by atoms with Gasteiger partial charge in [-0.05, 0) is 24.1 Å². The van der Waals surface area contributed by atoms with Gasteiger partial charge in [0.1, 0.15) is 0 Å². The van der Waals surface area contributed by atoms with Crippen LogP contribution in [0.1, 0.15) is 24.9 Å². The fourth-order valence-electron chi connectivity index (χ4n) is 2.59. The van der Waals surface area contributed by atoms with E-state index in [1.54, 1.807) is 12.1 Å². The normalized spacial score (nSPS) is 18.6. The molecule has 0 unspecified atom stereocenters. The van der Waals surface area contributed by atoms with Crippen molar-refractivity contribution in [2.45, 2.75) is 19.4 Å². The van der Waals surface area contributed by atoms with Crippen LogP contribution in [-0.2, 0) is 0 Å². The molecular formula is C14H21FN2O. The Hall–Kier alpha value is -1.13. The second-order valence-electron chi connectivity index (χ2n) is 4.60. The van der Waals surface area contributed by atoms with Crippen LogP contribution >= 0.6 is 0 Å². The molecule has 100 valence electrons. The lowest BCUT2D eigenvalue weighted by molar-refractivity contribution is 0.169. The lowest BCUT2D eigenvalue weighted by atomic mass is 10.0. The summed E-state index contributed by atoms with van der Waals surface area (Å²) in [4.78, 5) is 2.41. The maximum Gasteiger partial charge on any atom is 0.165 e. The molecule has 1 saturated heterocycles. The highest BCUT2D eigenvalue weighted by atomic mass is 19.1. The second kappa shape index (κ2) is 6.16. The SMILES string of the molecule is CC[C@@H](c1ccc(OC)c(F)c1)N1CCNCC1. The van der Waals surface area contributed by atoms with Gasteiger partial charge < -0.3 is 10.1 Å². The molecule has 0 aliphatic carbocycles. The van der Waals surface area contributed by atoms with Crippen molar-refractivity contribution in [2.24, 2.45) is 0 Å². The molecule has 1 aliphatic heterocycles. The highest BCUT2D eigenvalue weighted by Crippen LogP contribution is 2.28. The topological polar surface area (TPSA) is 24.5 Å². The van der Waals surface area contributed by atoms with Gasteiger partial charge in [0, 0.05) is 32.2 Å². The first-order valence-electron chi connectivity index (χ1n) is 6.54. The van der Waals surface area contributed by atoms with Gasteiger partial charge in [-0.2, -0.15) is 0 Å². The largest absolute Gasteiger partial charge is 0.494 e. The Morgan fingerprint density at radius 2 is 2.11 bits per heavy atom. The first-order chi connectivity index (χ1) is 8.76. The van der Waals surface area contributed by atoms with E-state index >= 15 is 0 Å². The van der Waals surface area contributed by atoms with Crippen LogP contribution in [0.5, 0.6) is 5.75 Å². The van der Waals surface area contributed by atoms with E-state index in [4.69, 9.17) is 4.74 Å².